The Morgan fingerprint density at radius 3 is 2.69 bits per heavy atom. The van der Waals surface area contributed by atoms with E-state index in [1.807, 2.05) is 18.5 Å². The minimum atomic E-state index is -0.157. The van der Waals surface area contributed by atoms with Crippen LogP contribution in [-0.4, -0.2) is 43.4 Å². The van der Waals surface area contributed by atoms with E-state index < -0.39 is 0 Å². The highest BCUT2D eigenvalue weighted by molar-refractivity contribution is 8.00. The third kappa shape index (κ3) is 3.95. The van der Waals surface area contributed by atoms with Crippen LogP contribution in [0.2, 0.25) is 0 Å². The lowest BCUT2D eigenvalue weighted by Crippen LogP contribution is -2.46. The topological polar surface area (TPSA) is 51.0 Å². The molecule has 0 aliphatic carbocycles. The SMILES string of the molecule is CCC1CCCCN1C(=O)C(C)Sc1nnc(-c2ccc(C)cc2)n1C. The van der Waals surface area contributed by atoms with Gasteiger partial charge in [0.2, 0.25) is 5.91 Å². The van der Waals surface area contributed by atoms with Gasteiger partial charge in [-0.05, 0) is 39.5 Å². The van der Waals surface area contributed by atoms with Crippen LogP contribution < -0.4 is 0 Å². The fourth-order valence-corrected chi connectivity index (χ4v) is 4.41. The van der Waals surface area contributed by atoms with Crippen LogP contribution in [0.15, 0.2) is 29.4 Å². The Labute approximate surface area is 160 Å². The van der Waals surface area contributed by atoms with Crippen LogP contribution in [0.5, 0.6) is 0 Å². The standard InChI is InChI=1S/C20H28N4OS/c1-5-17-8-6-7-13-24(17)19(25)15(3)26-20-22-21-18(23(20)4)16-11-9-14(2)10-12-16/h9-12,15,17H,5-8,13H2,1-4H3. The maximum Gasteiger partial charge on any atom is 0.236 e. The van der Waals surface area contributed by atoms with Crippen molar-refractivity contribution in [2.75, 3.05) is 6.54 Å². The molecule has 1 amide bonds. The summed E-state index contributed by atoms with van der Waals surface area (Å²) in [7, 11) is 1.96. The highest BCUT2D eigenvalue weighted by atomic mass is 32.2. The number of likely N-dealkylation sites (tertiary alicyclic amines) is 1. The van der Waals surface area contributed by atoms with Gasteiger partial charge in [-0.2, -0.15) is 0 Å². The van der Waals surface area contributed by atoms with Gasteiger partial charge in [-0.25, -0.2) is 0 Å². The molecule has 0 radical (unpaired) electrons. The van der Waals surface area contributed by atoms with Crippen LogP contribution in [0, 0.1) is 6.92 Å². The molecule has 6 heteroatoms. The number of carbonyl (C=O) groups is 1. The number of thioether (sulfide) groups is 1. The largest absolute Gasteiger partial charge is 0.339 e. The zero-order chi connectivity index (χ0) is 18.7. The summed E-state index contributed by atoms with van der Waals surface area (Å²) in [5.41, 5.74) is 2.26. The van der Waals surface area contributed by atoms with Crippen molar-refractivity contribution in [2.24, 2.45) is 7.05 Å². The maximum atomic E-state index is 12.9. The fourth-order valence-electron chi connectivity index (χ4n) is 3.53. The molecule has 5 nitrogen and oxygen atoms in total. The molecule has 2 unspecified atom stereocenters. The average molecular weight is 373 g/mol. The van der Waals surface area contributed by atoms with E-state index in [2.05, 4.69) is 53.2 Å². The Morgan fingerprint density at radius 1 is 1.27 bits per heavy atom. The van der Waals surface area contributed by atoms with Gasteiger partial charge in [-0.1, -0.05) is 48.5 Å². The third-order valence-electron chi connectivity index (χ3n) is 5.16. The predicted octanol–water partition coefficient (Wildman–Crippen LogP) is 4.06. The second kappa shape index (κ2) is 8.25. The molecule has 0 N–H and O–H groups in total. The molecule has 0 saturated carbocycles. The van der Waals surface area contributed by atoms with E-state index in [1.54, 1.807) is 0 Å². The quantitative estimate of drug-likeness (QED) is 0.743. The molecule has 140 valence electrons. The van der Waals surface area contributed by atoms with Crippen molar-refractivity contribution in [2.45, 2.75) is 62.9 Å². The van der Waals surface area contributed by atoms with Crippen molar-refractivity contribution in [1.29, 1.82) is 0 Å². The van der Waals surface area contributed by atoms with Crippen LogP contribution in [0.25, 0.3) is 11.4 Å². The number of aromatic nitrogens is 3. The van der Waals surface area contributed by atoms with Gasteiger partial charge in [0.1, 0.15) is 0 Å². The summed E-state index contributed by atoms with van der Waals surface area (Å²) in [4.78, 5) is 15.0. The van der Waals surface area contributed by atoms with E-state index in [-0.39, 0.29) is 11.2 Å². The molecule has 2 heterocycles. The molecule has 1 aliphatic heterocycles. The van der Waals surface area contributed by atoms with Crippen molar-refractivity contribution in [3.05, 3.63) is 29.8 Å². The second-order valence-corrected chi connectivity index (χ2v) is 8.39. The Bertz CT molecular complexity index is 756. The Hall–Kier alpha value is -1.82. The van der Waals surface area contributed by atoms with E-state index >= 15 is 0 Å². The van der Waals surface area contributed by atoms with Crippen LogP contribution >= 0.6 is 11.8 Å². The molecular weight excluding hydrogens is 344 g/mol. The summed E-state index contributed by atoms with van der Waals surface area (Å²) in [6.45, 7) is 7.11. The van der Waals surface area contributed by atoms with Gasteiger partial charge in [0.05, 0.1) is 5.25 Å². The fraction of sp³-hybridized carbons (Fsp3) is 0.550. The first-order valence-electron chi connectivity index (χ1n) is 9.44. The number of rotatable bonds is 5. The molecule has 26 heavy (non-hydrogen) atoms. The lowest BCUT2D eigenvalue weighted by atomic mass is 10.00. The monoisotopic (exact) mass is 372 g/mol. The molecule has 1 fully saturated rings. The number of piperidine rings is 1. The van der Waals surface area contributed by atoms with Crippen LogP contribution in [0.4, 0.5) is 0 Å². The number of hydrogen-bond acceptors (Lipinski definition) is 4. The number of hydrogen-bond donors (Lipinski definition) is 0. The van der Waals surface area contributed by atoms with Crippen molar-refractivity contribution < 1.29 is 4.79 Å². The minimum absolute atomic E-state index is 0.157. The zero-order valence-electron chi connectivity index (χ0n) is 16.1. The first kappa shape index (κ1) is 19.0. The number of benzene rings is 1. The molecule has 3 rings (SSSR count). The average Bonchev–Trinajstić information content (AvgIpc) is 3.02. The summed E-state index contributed by atoms with van der Waals surface area (Å²) in [6, 6.07) is 8.65. The van der Waals surface area contributed by atoms with Gasteiger partial charge in [-0.15, -0.1) is 10.2 Å². The highest BCUT2D eigenvalue weighted by Crippen LogP contribution is 2.29. The molecule has 0 bridgehead atoms. The highest BCUT2D eigenvalue weighted by Gasteiger charge is 2.30. The van der Waals surface area contributed by atoms with Crippen molar-refractivity contribution >= 4 is 17.7 Å². The molecule has 2 atom stereocenters. The molecule has 1 aromatic carbocycles. The maximum absolute atomic E-state index is 12.9. The van der Waals surface area contributed by atoms with Crippen LogP contribution in [0.1, 0.15) is 45.1 Å². The lowest BCUT2D eigenvalue weighted by molar-refractivity contribution is -0.134. The van der Waals surface area contributed by atoms with Gasteiger partial charge in [0, 0.05) is 25.2 Å². The van der Waals surface area contributed by atoms with Crippen molar-refractivity contribution in [3.63, 3.8) is 0 Å². The summed E-state index contributed by atoms with van der Waals surface area (Å²) >= 11 is 1.50. The molecule has 1 aromatic heterocycles. The first-order valence-corrected chi connectivity index (χ1v) is 10.3. The molecule has 1 aliphatic rings. The smallest absolute Gasteiger partial charge is 0.236 e. The molecular formula is C20H28N4OS. The third-order valence-corrected chi connectivity index (χ3v) is 6.28. The summed E-state index contributed by atoms with van der Waals surface area (Å²) < 4.78 is 1.98. The van der Waals surface area contributed by atoms with Crippen LogP contribution in [0.3, 0.4) is 0 Å². The number of aryl methyl sites for hydroxylation is 1. The summed E-state index contributed by atoms with van der Waals surface area (Å²) in [5.74, 6) is 1.05. The van der Waals surface area contributed by atoms with Gasteiger partial charge >= 0.3 is 0 Å². The van der Waals surface area contributed by atoms with Gasteiger partial charge in [0.25, 0.3) is 0 Å². The predicted molar refractivity (Wildman–Crippen MR) is 106 cm³/mol. The van der Waals surface area contributed by atoms with Crippen LogP contribution in [-0.2, 0) is 11.8 Å². The molecule has 2 aromatic rings. The Kier molecular flexibility index (Phi) is 6.01. The minimum Gasteiger partial charge on any atom is -0.339 e. The van der Waals surface area contributed by atoms with E-state index in [0.717, 1.165) is 42.4 Å². The Morgan fingerprint density at radius 2 is 2.00 bits per heavy atom. The zero-order valence-corrected chi connectivity index (χ0v) is 16.9. The van der Waals surface area contributed by atoms with E-state index in [9.17, 15) is 4.79 Å². The summed E-state index contributed by atoms with van der Waals surface area (Å²) in [6.07, 6.45) is 4.50. The number of nitrogens with zero attached hydrogens (tertiary/aromatic N) is 4. The van der Waals surface area contributed by atoms with Gasteiger partial charge in [-0.3, -0.25) is 4.79 Å². The van der Waals surface area contributed by atoms with E-state index in [1.165, 1.54) is 23.7 Å². The lowest BCUT2D eigenvalue weighted by Gasteiger charge is -2.36. The first-order chi connectivity index (χ1) is 12.5. The normalized spacial score (nSPS) is 18.8. The molecule has 1 saturated heterocycles. The number of carbonyl (C=O) groups excluding carboxylic acids is 1. The molecule has 0 spiro atoms. The van der Waals surface area contributed by atoms with Gasteiger partial charge in [0.15, 0.2) is 11.0 Å². The van der Waals surface area contributed by atoms with Crippen molar-refractivity contribution in [1.82, 2.24) is 19.7 Å². The van der Waals surface area contributed by atoms with Gasteiger partial charge < -0.3 is 9.47 Å². The van der Waals surface area contributed by atoms with E-state index in [0.29, 0.717) is 6.04 Å². The number of amides is 1. The van der Waals surface area contributed by atoms with E-state index in [4.69, 9.17) is 0 Å². The van der Waals surface area contributed by atoms with Crippen molar-refractivity contribution in [3.8, 4) is 11.4 Å². The Balaban J connectivity index is 1.72. The second-order valence-electron chi connectivity index (χ2n) is 7.08. The summed E-state index contributed by atoms with van der Waals surface area (Å²) in [5, 5.41) is 9.29.